The van der Waals surface area contributed by atoms with Crippen molar-refractivity contribution in [3.05, 3.63) is 28.8 Å². The zero-order valence-electron chi connectivity index (χ0n) is 13.1. The molecule has 2 nitrogen and oxygen atoms in total. The van der Waals surface area contributed by atoms with Crippen molar-refractivity contribution >= 4 is 17.3 Å². The first kappa shape index (κ1) is 15.2. The molecule has 0 aromatic heterocycles. The number of halogens is 1. The molecule has 1 aromatic rings. The van der Waals surface area contributed by atoms with Crippen LogP contribution in [0.3, 0.4) is 0 Å². The van der Waals surface area contributed by atoms with Gasteiger partial charge in [-0.25, -0.2) is 0 Å². The summed E-state index contributed by atoms with van der Waals surface area (Å²) in [5.74, 6) is 0. The topological polar surface area (TPSA) is 21.3 Å². The van der Waals surface area contributed by atoms with Gasteiger partial charge < -0.3 is 10.1 Å². The average molecular weight is 308 g/mol. The summed E-state index contributed by atoms with van der Waals surface area (Å²) in [6, 6.07) is 6.79. The third-order valence-corrected chi connectivity index (χ3v) is 5.70. The van der Waals surface area contributed by atoms with E-state index in [4.69, 9.17) is 16.3 Å². The van der Waals surface area contributed by atoms with Crippen LogP contribution >= 0.6 is 11.6 Å². The number of nitrogens with one attached hydrogen (secondary N) is 1. The van der Waals surface area contributed by atoms with Crippen molar-refractivity contribution in [2.24, 2.45) is 5.41 Å². The quantitative estimate of drug-likeness (QED) is 0.826. The summed E-state index contributed by atoms with van der Waals surface area (Å²) in [6.45, 7) is 5.01. The van der Waals surface area contributed by atoms with Gasteiger partial charge in [0.15, 0.2) is 0 Å². The fraction of sp³-hybridized carbons (Fsp3) is 0.667. The standard InChI is InChI=1S/C18H26ClNO/c1-3-21-17-12-16(18(17)9-5-4-6-10-18)20-15-8-7-13(2)11-14(15)19/h7-8,11,16-17,20H,3-6,9-10,12H2,1-2H3. The van der Waals surface area contributed by atoms with Crippen LogP contribution < -0.4 is 5.32 Å². The molecule has 2 saturated carbocycles. The first-order chi connectivity index (χ1) is 10.2. The van der Waals surface area contributed by atoms with E-state index in [-0.39, 0.29) is 0 Å². The molecule has 2 fully saturated rings. The van der Waals surface area contributed by atoms with E-state index in [0.717, 1.165) is 23.7 Å². The lowest BCUT2D eigenvalue weighted by atomic mass is 9.55. The van der Waals surface area contributed by atoms with Crippen LogP contribution in [0.1, 0.15) is 51.0 Å². The maximum Gasteiger partial charge on any atom is 0.0670 e. The number of rotatable bonds is 4. The van der Waals surface area contributed by atoms with Crippen LogP contribution in [0, 0.1) is 12.3 Å². The monoisotopic (exact) mass is 307 g/mol. The number of benzene rings is 1. The second-order valence-electron chi connectivity index (χ2n) is 6.65. The highest BCUT2D eigenvalue weighted by Gasteiger charge is 2.55. The van der Waals surface area contributed by atoms with Crippen LogP contribution in [0.25, 0.3) is 0 Å². The van der Waals surface area contributed by atoms with Gasteiger partial charge in [0.05, 0.1) is 16.8 Å². The van der Waals surface area contributed by atoms with Gasteiger partial charge in [0.25, 0.3) is 0 Å². The normalized spacial score (nSPS) is 27.4. The zero-order valence-corrected chi connectivity index (χ0v) is 13.9. The van der Waals surface area contributed by atoms with Gasteiger partial charge in [-0.3, -0.25) is 0 Å². The molecular formula is C18H26ClNO. The Morgan fingerprint density at radius 2 is 2.05 bits per heavy atom. The van der Waals surface area contributed by atoms with Crippen molar-refractivity contribution in [1.29, 1.82) is 0 Å². The van der Waals surface area contributed by atoms with Crippen LogP contribution in [0.5, 0.6) is 0 Å². The molecule has 21 heavy (non-hydrogen) atoms. The molecule has 2 unspecified atom stereocenters. The molecule has 0 aliphatic heterocycles. The van der Waals surface area contributed by atoms with Crippen LogP contribution in [0.2, 0.25) is 5.02 Å². The van der Waals surface area contributed by atoms with E-state index in [1.165, 1.54) is 37.7 Å². The highest BCUT2D eigenvalue weighted by Crippen LogP contribution is 2.54. The predicted octanol–water partition coefficient (Wildman–Crippen LogP) is 5.19. The second kappa shape index (κ2) is 6.18. The Hall–Kier alpha value is -0.730. The summed E-state index contributed by atoms with van der Waals surface area (Å²) in [6.07, 6.45) is 8.17. The SMILES string of the molecule is CCOC1CC(Nc2ccc(C)cc2Cl)C12CCCCC2. The highest BCUT2D eigenvalue weighted by atomic mass is 35.5. The van der Waals surface area contributed by atoms with Gasteiger partial charge in [0.2, 0.25) is 0 Å². The Morgan fingerprint density at radius 1 is 1.29 bits per heavy atom. The second-order valence-corrected chi connectivity index (χ2v) is 7.06. The van der Waals surface area contributed by atoms with Gasteiger partial charge in [-0.15, -0.1) is 0 Å². The van der Waals surface area contributed by atoms with Crippen molar-refractivity contribution < 1.29 is 4.74 Å². The zero-order chi connectivity index (χ0) is 14.9. The lowest BCUT2D eigenvalue weighted by Crippen LogP contribution is -2.62. The molecule has 3 rings (SSSR count). The summed E-state index contributed by atoms with van der Waals surface area (Å²) in [4.78, 5) is 0. The predicted molar refractivity (Wildman–Crippen MR) is 89.1 cm³/mol. The van der Waals surface area contributed by atoms with Gasteiger partial charge in [-0.2, -0.15) is 0 Å². The number of aryl methyl sites for hydroxylation is 1. The van der Waals surface area contributed by atoms with E-state index in [0.29, 0.717) is 17.6 Å². The summed E-state index contributed by atoms with van der Waals surface area (Å²) in [7, 11) is 0. The fourth-order valence-corrected chi connectivity index (χ4v) is 4.48. The summed E-state index contributed by atoms with van der Waals surface area (Å²) in [5, 5.41) is 4.54. The van der Waals surface area contributed by atoms with Crippen molar-refractivity contribution in [2.75, 3.05) is 11.9 Å². The minimum absolute atomic E-state index is 0.336. The maximum absolute atomic E-state index is 6.39. The molecule has 1 aromatic carbocycles. The van der Waals surface area contributed by atoms with Gasteiger partial charge >= 0.3 is 0 Å². The van der Waals surface area contributed by atoms with E-state index in [1.54, 1.807) is 0 Å². The third-order valence-electron chi connectivity index (χ3n) is 5.39. The number of hydrogen-bond acceptors (Lipinski definition) is 2. The van der Waals surface area contributed by atoms with Crippen molar-refractivity contribution in [1.82, 2.24) is 0 Å². The largest absolute Gasteiger partial charge is 0.380 e. The fourth-order valence-electron chi connectivity index (χ4n) is 4.19. The van der Waals surface area contributed by atoms with E-state index in [1.807, 2.05) is 6.07 Å². The lowest BCUT2D eigenvalue weighted by Gasteiger charge is -2.58. The first-order valence-corrected chi connectivity index (χ1v) is 8.68. The maximum atomic E-state index is 6.39. The molecule has 2 atom stereocenters. The van der Waals surface area contributed by atoms with E-state index < -0.39 is 0 Å². The Bertz CT molecular complexity index is 496. The minimum atomic E-state index is 0.336. The van der Waals surface area contributed by atoms with Crippen molar-refractivity contribution in [3.8, 4) is 0 Å². The van der Waals surface area contributed by atoms with Crippen LogP contribution in [0.15, 0.2) is 18.2 Å². The van der Waals surface area contributed by atoms with Gasteiger partial charge in [-0.05, 0) is 50.8 Å². The molecule has 1 N–H and O–H groups in total. The smallest absolute Gasteiger partial charge is 0.0670 e. The number of anilines is 1. The highest BCUT2D eigenvalue weighted by molar-refractivity contribution is 6.33. The molecule has 0 heterocycles. The molecule has 0 saturated heterocycles. The van der Waals surface area contributed by atoms with Crippen molar-refractivity contribution in [2.45, 2.75) is 64.5 Å². The third kappa shape index (κ3) is 2.80. The molecule has 0 amide bonds. The molecule has 2 aliphatic rings. The van der Waals surface area contributed by atoms with Gasteiger partial charge in [0.1, 0.15) is 0 Å². The lowest BCUT2D eigenvalue weighted by molar-refractivity contribution is -0.134. The summed E-state index contributed by atoms with van der Waals surface area (Å²) >= 11 is 6.39. The molecule has 0 radical (unpaired) electrons. The molecule has 116 valence electrons. The van der Waals surface area contributed by atoms with Crippen LogP contribution in [0.4, 0.5) is 5.69 Å². The van der Waals surface area contributed by atoms with Crippen LogP contribution in [-0.2, 0) is 4.74 Å². The average Bonchev–Trinajstić information content (AvgIpc) is 2.49. The van der Waals surface area contributed by atoms with Crippen LogP contribution in [-0.4, -0.2) is 18.8 Å². The first-order valence-electron chi connectivity index (χ1n) is 8.30. The number of hydrogen-bond donors (Lipinski definition) is 1. The van der Waals surface area contributed by atoms with E-state index >= 15 is 0 Å². The summed E-state index contributed by atoms with van der Waals surface area (Å²) < 4.78 is 6.02. The van der Waals surface area contributed by atoms with E-state index in [2.05, 4.69) is 31.3 Å². The molecule has 2 aliphatic carbocycles. The molecule has 1 spiro atoms. The molecular weight excluding hydrogens is 282 g/mol. The molecule has 3 heteroatoms. The van der Waals surface area contributed by atoms with E-state index in [9.17, 15) is 0 Å². The van der Waals surface area contributed by atoms with Crippen molar-refractivity contribution in [3.63, 3.8) is 0 Å². The Labute approximate surface area is 133 Å². The van der Waals surface area contributed by atoms with Gasteiger partial charge in [0, 0.05) is 18.1 Å². The Balaban J connectivity index is 1.75. The Kier molecular flexibility index (Phi) is 4.46. The molecule has 0 bridgehead atoms. The summed E-state index contributed by atoms with van der Waals surface area (Å²) in [5.41, 5.74) is 2.62. The Morgan fingerprint density at radius 3 is 2.71 bits per heavy atom. The number of ether oxygens (including phenoxy) is 1. The van der Waals surface area contributed by atoms with Gasteiger partial charge in [-0.1, -0.05) is 36.9 Å². The minimum Gasteiger partial charge on any atom is -0.380 e.